The zero-order valence-electron chi connectivity index (χ0n) is 15.3. The van der Waals surface area contributed by atoms with Gasteiger partial charge in [-0.2, -0.15) is 0 Å². The number of carbonyl (C=O) groups excluding carboxylic acids is 3. The number of hydrogen-bond donors (Lipinski definition) is 0. The number of fused-ring (bicyclic) bond motifs is 1. The summed E-state index contributed by atoms with van der Waals surface area (Å²) in [5, 5.41) is -0.269. The molecule has 28 heavy (non-hydrogen) atoms. The fourth-order valence-electron chi connectivity index (χ4n) is 3.66. The molecule has 12 heteroatoms. The number of aromatic nitrogens is 4. The predicted octanol–water partition coefficient (Wildman–Crippen LogP) is -1.27. The minimum Gasteiger partial charge on any atom is -0.339 e. The van der Waals surface area contributed by atoms with Crippen LogP contribution < -0.4 is 11.2 Å². The van der Waals surface area contributed by atoms with Gasteiger partial charge >= 0.3 is 5.69 Å². The van der Waals surface area contributed by atoms with E-state index in [1.54, 1.807) is 4.90 Å². The van der Waals surface area contributed by atoms with Crippen LogP contribution in [0.3, 0.4) is 0 Å². The van der Waals surface area contributed by atoms with Gasteiger partial charge in [-0.25, -0.2) is 9.78 Å². The highest BCUT2D eigenvalue weighted by Gasteiger charge is 2.40. The number of likely N-dealkylation sites (tertiary alicyclic amines) is 1. The molecule has 148 valence electrons. The monoisotopic (exact) mass is 406 g/mol. The van der Waals surface area contributed by atoms with E-state index in [-0.39, 0.29) is 53.1 Å². The van der Waals surface area contributed by atoms with Gasteiger partial charge in [0.15, 0.2) is 11.2 Å². The molecular weight excluding hydrogens is 388 g/mol. The Balaban J connectivity index is 1.55. The summed E-state index contributed by atoms with van der Waals surface area (Å²) in [7, 11) is 2.88. The molecule has 4 rings (SSSR count). The third-order valence-corrected chi connectivity index (χ3v) is 6.02. The quantitative estimate of drug-likeness (QED) is 0.623. The van der Waals surface area contributed by atoms with Crippen LogP contribution in [0.25, 0.3) is 11.2 Å². The summed E-state index contributed by atoms with van der Waals surface area (Å²) in [5.41, 5.74) is -0.622. The predicted molar refractivity (Wildman–Crippen MR) is 99.9 cm³/mol. The molecule has 2 aliphatic rings. The highest BCUT2D eigenvalue weighted by Crippen LogP contribution is 2.26. The lowest BCUT2D eigenvalue weighted by Gasteiger charge is -2.22. The molecule has 3 amide bonds. The standard InChI is InChI=1S/C16H18N6O5S/c1-18-13-12(14(25)19(2)15(18)26)21(8-17-13)6-10(23)20-4-3-9(5-20)22-11(24)7-28-16(22)27/h8-9H,3-7H2,1-2H3. The van der Waals surface area contributed by atoms with Gasteiger partial charge in [-0.15, -0.1) is 0 Å². The largest absolute Gasteiger partial charge is 0.339 e. The van der Waals surface area contributed by atoms with E-state index in [0.717, 1.165) is 16.3 Å². The minimum atomic E-state index is -0.520. The highest BCUT2D eigenvalue weighted by atomic mass is 32.2. The van der Waals surface area contributed by atoms with E-state index in [4.69, 9.17) is 0 Å². The molecule has 1 unspecified atom stereocenters. The molecule has 0 radical (unpaired) electrons. The van der Waals surface area contributed by atoms with E-state index in [9.17, 15) is 24.0 Å². The number of carbonyl (C=O) groups is 3. The maximum Gasteiger partial charge on any atom is 0.332 e. The van der Waals surface area contributed by atoms with Gasteiger partial charge < -0.3 is 9.47 Å². The summed E-state index contributed by atoms with van der Waals surface area (Å²) < 4.78 is 3.65. The summed E-state index contributed by atoms with van der Waals surface area (Å²) in [4.78, 5) is 67.9. The molecule has 0 aliphatic carbocycles. The van der Waals surface area contributed by atoms with Gasteiger partial charge in [0.25, 0.3) is 10.8 Å². The number of thioether (sulfide) groups is 1. The topological polar surface area (TPSA) is 120 Å². The average molecular weight is 406 g/mol. The van der Waals surface area contributed by atoms with Crippen LogP contribution in [0.15, 0.2) is 15.9 Å². The second-order valence-corrected chi connectivity index (χ2v) is 7.78. The first kappa shape index (κ1) is 18.5. The molecule has 2 aliphatic heterocycles. The van der Waals surface area contributed by atoms with Crippen molar-refractivity contribution in [2.24, 2.45) is 14.1 Å². The van der Waals surface area contributed by atoms with Crippen LogP contribution in [-0.4, -0.2) is 70.4 Å². The van der Waals surface area contributed by atoms with E-state index in [2.05, 4.69) is 4.98 Å². The highest BCUT2D eigenvalue weighted by molar-refractivity contribution is 8.14. The van der Waals surface area contributed by atoms with Crippen LogP contribution in [0, 0.1) is 0 Å². The van der Waals surface area contributed by atoms with Crippen molar-refractivity contribution in [3.8, 4) is 0 Å². The maximum absolute atomic E-state index is 12.7. The van der Waals surface area contributed by atoms with E-state index in [1.807, 2.05) is 0 Å². The number of hydrogen-bond acceptors (Lipinski definition) is 7. The summed E-state index contributed by atoms with van der Waals surface area (Å²) in [6.07, 6.45) is 1.89. The summed E-state index contributed by atoms with van der Waals surface area (Å²) in [6, 6.07) is -0.313. The Kier molecular flexibility index (Phi) is 4.37. The Bertz CT molecular complexity index is 1110. The zero-order valence-corrected chi connectivity index (χ0v) is 16.1. The Hall–Kier alpha value is -2.89. The molecule has 1 atom stereocenters. The zero-order chi connectivity index (χ0) is 20.2. The SMILES string of the molecule is Cn1c(=O)c2c(ncn2CC(=O)N2CCC(N3C(=O)CSC3=O)C2)n(C)c1=O. The Morgan fingerprint density at radius 2 is 1.96 bits per heavy atom. The number of nitrogens with zero attached hydrogens (tertiary/aromatic N) is 6. The van der Waals surface area contributed by atoms with E-state index >= 15 is 0 Å². The van der Waals surface area contributed by atoms with E-state index < -0.39 is 11.2 Å². The van der Waals surface area contributed by atoms with Gasteiger partial charge in [-0.3, -0.25) is 33.2 Å². The van der Waals surface area contributed by atoms with Gasteiger partial charge in [0.2, 0.25) is 11.8 Å². The molecule has 4 heterocycles. The lowest BCUT2D eigenvalue weighted by Crippen LogP contribution is -2.42. The molecule has 2 saturated heterocycles. The molecule has 0 aromatic carbocycles. The van der Waals surface area contributed by atoms with Crippen molar-refractivity contribution in [1.82, 2.24) is 28.5 Å². The number of imidazole rings is 1. The van der Waals surface area contributed by atoms with Crippen molar-refractivity contribution in [3.05, 3.63) is 27.2 Å². The number of imide groups is 1. The summed E-state index contributed by atoms with van der Waals surface area (Å²) >= 11 is 0.977. The van der Waals surface area contributed by atoms with Crippen molar-refractivity contribution < 1.29 is 14.4 Å². The first-order valence-corrected chi connectivity index (χ1v) is 9.65. The van der Waals surface area contributed by atoms with Crippen LogP contribution in [0.1, 0.15) is 6.42 Å². The van der Waals surface area contributed by atoms with Crippen LogP contribution in [-0.2, 0) is 30.2 Å². The van der Waals surface area contributed by atoms with E-state index in [1.165, 1.54) is 34.5 Å². The summed E-state index contributed by atoms with van der Waals surface area (Å²) in [5.74, 6) is -0.324. The van der Waals surface area contributed by atoms with Crippen LogP contribution in [0.2, 0.25) is 0 Å². The first-order valence-electron chi connectivity index (χ1n) is 8.67. The molecule has 0 spiro atoms. The van der Waals surface area contributed by atoms with Gasteiger partial charge in [-0.05, 0) is 6.42 Å². The van der Waals surface area contributed by atoms with Crippen LogP contribution >= 0.6 is 11.8 Å². The van der Waals surface area contributed by atoms with Crippen molar-refractivity contribution in [2.45, 2.75) is 19.0 Å². The van der Waals surface area contributed by atoms with E-state index in [0.29, 0.717) is 13.0 Å². The molecule has 2 aromatic heterocycles. The normalized spacial score (nSPS) is 20.0. The number of aryl methyl sites for hydroxylation is 1. The lowest BCUT2D eigenvalue weighted by molar-refractivity contribution is -0.132. The maximum atomic E-state index is 12.7. The summed E-state index contributed by atoms with van der Waals surface area (Å²) in [6.45, 7) is 0.585. The molecule has 0 saturated carbocycles. The Morgan fingerprint density at radius 1 is 1.21 bits per heavy atom. The molecular formula is C16H18N6O5S. The molecule has 2 aromatic rings. The first-order chi connectivity index (χ1) is 13.3. The lowest BCUT2D eigenvalue weighted by atomic mass is 10.2. The number of amides is 3. The molecule has 0 bridgehead atoms. The minimum absolute atomic E-state index is 0.118. The number of rotatable bonds is 3. The average Bonchev–Trinajstić information content (AvgIpc) is 3.37. The van der Waals surface area contributed by atoms with Gasteiger partial charge in [-0.1, -0.05) is 11.8 Å². The molecule has 2 fully saturated rings. The van der Waals surface area contributed by atoms with Gasteiger partial charge in [0, 0.05) is 27.2 Å². The van der Waals surface area contributed by atoms with Crippen LogP contribution in [0.5, 0.6) is 0 Å². The fraction of sp³-hybridized carbons (Fsp3) is 0.500. The molecule has 11 nitrogen and oxygen atoms in total. The third-order valence-electron chi connectivity index (χ3n) is 5.19. The van der Waals surface area contributed by atoms with Crippen molar-refractivity contribution in [1.29, 1.82) is 0 Å². The van der Waals surface area contributed by atoms with Crippen molar-refractivity contribution >= 4 is 40.0 Å². The van der Waals surface area contributed by atoms with Gasteiger partial charge in [0.1, 0.15) is 6.54 Å². The third kappa shape index (κ3) is 2.75. The Morgan fingerprint density at radius 3 is 2.64 bits per heavy atom. The Labute approximate surface area is 162 Å². The second-order valence-electron chi connectivity index (χ2n) is 6.85. The molecule has 0 N–H and O–H groups in total. The fourth-order valence-corrected chi connectivity index (χ4v) is 4.43. The van der Waals surface area contributed by atoms with Gasteiger partial charge in [0.05, 0.1) is 18.1 Å². The van der Waals surface area contributed by atoms with Crippen molar-refractivity contribution in [3.63, 3.8) is 0 Å². The van der Waals surface area contributed by atoms with Crippen LogP contribution in [0.4, 0.5) is 4.79 Å². The van der Waals surface area contributed by atoms with Crippen molar-refractivity contribution in [2.75, 3.05) is 18.8 Å². The smallest absolute Gasteiger partial charge is 0.332 e. The second kappa shape index (κ2) is 6.62.